The molecule has 1 amide bonds. The van der Waals surface area contributed by atoms with Crippen molar-refractivity contribution in [3.63, 3.8) is 0 Å². The van der Waals surface area contributed by atoms with Gasteiger partial charge < -0.3 is 9.47 Å². The van der Waals surface area contributed by atoms with E-state index in [4.69, 9.17) is 0 Å². The maximum atomic E-state index is 12.6. The highest BCUT2D eigenvalue weighted by atomic mass is 32.2. The molecule has 6 nitrogen and oxygen atoms in total. The third-order valence-electron chi connectivity index (χ3n) is 4.44. The molecule has 148 valence electrons. The molecule has 9 heteroatoms. The Labute approximate surface area is 161 Å². The van der Waals surface area contributed by atoms with Gasteiger partial charge in [-0.25, -0.2) is 13.4 Å². The summed E-state index contributed by atoms with van der Waals surface area (Å²) in [5.41, 5.74) is 2.01. The number of aryl methyl sites for hydroxylation is 1. The van der Waals surface area contributed by atoms with Crippen molar-refractivity contribution >= 4 is 26.8 Å². The first kappa shape index (κ1) is 19.9. The number of imidazole rings is 1. The molecule has 3 rings (SSSR count). The van der Waals surface area contributed by atoms with Crippen LogP contribution in [0.3, 0.4) is 0 Å². The quantitative estimate of drug-likeness (QED) is 0.628. The van der Waals surface area contributed by atoms with E-state index in [1.165, 1.54) is 17.0 Å². The van der Waals surface area contributed by atoms with Crippen molar-refractivity contribution in [3.8, 4) is 0 Å². The molecule has 28 heavy (non-hydrogen) atoms. The molecule has 0 aliphatic carbocycles. The lowest BCUT2D eigenvalue weighted by Crippen LogP contribution is -2.27. The molecule has 0 bridgehead atoms. The van der Waals surface area contributed by atoms with Crippen LogP contribution in [0, 0.1) is 0 Å². The smallest absolute Gasteiger partial charge is 0.334 e. The van der Waals surface area contributed by atoms with Gasteiger partial charge in [0, 0.05) is 19.2 Å². The first-order chi connectivity index (χ1) is 13.3. The van der Waals surface area contributed by atoms with Crippen LogP contribution in [0.4, 0.5) is 8.78 Å². The fraction of sp³-hybridized carbons (Fsp3) is 0.263. The second-order valence-corrected chi connectivity index (χ2v) is 8.17. The maximum absolute atomic E-state index is 12.6. The van der Waals surface area contributed by atoms with Crippen molar-refractivity contribution < 1.29 is 22.0 Å². The van der Waals surface area contributed by atoms with E-state index in [1.807, 2.05) is 35.8 Å². The number of fused-ring (bicyclic) bond motifs is 1. The summed E-state index contributed by atoms with van der Waals surface area (Å²) >= 11 is 0. The average Bonchev–Trinajstić information content (AvgIpc) is 3.04. The standard InChI is InChI=1S/C19H19F2N3O3S/c1-3-24-16-7-5-4-6-15(16)22-17(24)12-23(2)18(25)13-8-10-14(11-9-13)28(26,27)19(20)21/h4-11,19H,3,12H2,1-2H3. The van der Waals surface area contributed by atoms with Gasteiger partial charge in [-0.3, -0.25) is 4.79 Å². The van der Waals surface area contributed by atoms with Gasteiger partial charge in [0.25, 0.3) is 5.91 Å². The average molecular weight is 407 g/mol. The Morgan fingerprint density at radius 1 is 1.14 bits per heavy atom. The number of para-hydroxylation sites is 2. The normalized spacial score (nSPS) is 11.9. The Bertz CT molecular complexity index is 1110. The monoisotopic (exact) mass is 407 g/mol. The maximum Gasteiger partial charge on any atom is 0.341 e. The first-order valence-electron chi connectivity index (χ1n) is 8.57. The number of carbonyl (C=O) groups is 1. The Hall–Kier alpha value is -2.81. The molecule has 2 aromatic carbocycles. The number of rotatable bonds is 6. The lowest BCUT2D eigenvalue weighted by molar-refractivity contribution is 0.0780. The predicted molar refractivity (Wildman–Crippen MR) is 101 cm³/mol. The highest BCUT2D eigenvalue weighted by molar-refractivity contribution is 7.91. The zero-order valence-corrected chi connectivity index (χ0v) is 16.2. The Morgan fingerprint density at radius 2 is 1.79 bits per heavy atom. The zero-order valence-electron chi connectivity index (χ0n) is 15.3. The molecular weight excluding hydrogens is 388 g/mol. The van der Waals surface area contributed by atoms with Crippen LogP contribution in [0.2, 0.25) is 0 Å². The number of benzene rings is 2. The molecule has 0 radical (unpaired) electrons. The van der Waals surface area contributed by atoms with Crippen molar-refractivity contribution in [2.75, 3.05) is 7.05 Å². The summed E-state index contributed by atoms with van der Waals surface area (Å²) in [6.07, 6.45) is 0. The van der Waals surface area contributed by atoms with E-state index in [9.17, 15) is 22.0 Å². The van der Waals surface area contributed by atoms with E-state index in [0.717, 1.165) is 29.0 Å². The van der Waals surface area contributed by atoms with Gasteiger partial charge in [0.05, 0.1) is 22.5 Å². The van der Waals surface area contributed by atoms with Gasteiger partial charge in [0.2, 0.25) is 9.84 Å². The van der Waals surface area contributed by atoms with E-state index in [0.29, 0.717) is 6.54 Å². The van der Waals surface area contributed by atoms with E-state index in [-0.39, 0.29) is 18.0 Å². The van der Waals surface area contributed by atoms with Gasteiger partial charge in [-0.05, 0) is 43.3 Å². The second kappa shape index (κ2) is 7.67. The van der Waals surface area contributed by atoms with Gasteiger partial charge in [-0.15, -0.1) is 0 Å². The van der Waals surface area contributed by atoms with E-state index >= 15 is 0 Å². The Balaban J connectivity index is 1.82. The van der Waals surface area contributed by atoms with Gasteiger partial charge in [-0.1, -0.05) is 12.1 Å². The fourth-order valence-electron chi connectivity index (χ4n) is 2.99. The minimum absolute atomic E-state index is 0.204. The molecule has 0 saturated heterocycles. The van der Waals surface area contributed by atoms with Crippen molar-refractivity contribution in [2.45, 2.75) is 30.7 Å². The number of sulfone groups is 1. The molecule has 0 unspecified atom stereocenters. The highest BCUT2D eigenvalue weighted by Crippen LogP contribution is 2.20. The SMILES string of the molecule is CCn1c(CN(C)C(=O)c2ccc(S(=O)(=O)C(F)F)cc2)nc2ccccc21. The zero-order chi connectivity index (χ0) is 20.5. The third-order valence-corrected chi connectivity index (χ3v) is 5.84. The van der Waals surface area contributed by atoms with Crippen molar-refractivity contribution in [3.05, 3.63) is 59.9 Å². The number of alkyl halides is 2. The number of aromatic nitrogens is 2. The highest BCUT2D eigenvalue weighted by Gasteiger charge is 2.26. The third kappa shape index (κ3) is 3.62. The van der Waals surface area contributed by atoms with Crippen molar-refractivity contribution in [1.29, 1.82) is 0 Å². The number of halogens is 2. The Kier molecular flexibility index (Phi) is 5.46. The van der Waals surface area contributed by atoms with Crippen LogP contribution in [-0.4, -0.2) is 41.6 Å². The number of nitrogens with zero attached hydrogens (tertiary/aromatic N) is 3. The molecule has 0 atom stereocenters. The van der Waals surface area contributed by atoms with Crippen LogP contribution in [0.25, 0.3) is 11.0 Å². The van der Waals surface area contributed by atoms with E-state index in [2.05, 4.69) is 4.98 Å². The summed E-state index contributed by atoms with van der Waals surface area (Å²) in [5, 5.41) is 0. The summed E-state index contributed by atoms with van der Waals surface area (Å²) < 4.78 is 50.2. The van der Waals surface area contributed by atoms with Crippen molar-refractivity contribution in [2.24, 2.45) is 0 Å². The first-order valence-corrected chi connectivity index (χ1v) is 10.1. The predicted octanol–water partition coefficient (Wildman–Crippen LogP) is 3.32. The number of amides is 1. The van der Waals surface area contributed by atoms with Crippen LogP contribution in [0.15, 0.2) is 53.4 Å². The summed E-state index contributed by atoms with van der Waals surface area (Å²) in [4.78, 5) is 18.2. The number of hydrogen-bond donors (Lipinski definition) is 0. The Morgan fingerprint density at radius 3 is 2.39 bits per heavy atom. The minimum Gasteiger partial charge on any atom is -0.334 e. The lowest BCUT2D eigenvalue weighted by Gasteiger charge is -2.18. The van der Waals surface area contributed by atoms with Crippen LogP contribution < -0.4 is 0 Å². The van der Waals surface area contributed by atoms with Crippen LogP contribution in [0.5, 0.6) is 0 Å². The molecule has 0 fully saturated rings. The molecule has 0 aliphatic heterocycles. The summed E-state index contributed by atoms with van der Waals surface area (Å²) in [6.45, 7) is 2.93. The molecule has 1 aromatic heterocycles. The summed E-state index contributed by atoms with van der Waals surface area (Å²) in [6, 6.07) is 12.2. The topological polar surface area (TPSA) is 72.3 Å². The summed E-state index contributed by atoms with van der Waals surface area (Å²) in [7, 11) is -3.08. The van der Waals surface area contributed by atoms with Crippen LogP contribution >= 0.6 is 0 Å². The van der Waals surface area contributed by atoms with Gasteiger partial charge in [0.1, 0.15) is 5.82 Å². The molecule has 0 spiro atoms. The van der Waals surface area contributed by atoms with E-state index in [1.54, 1.807) is 7.05 Å². The molecule has 1 heterocycles. The van der Waals surface area contributed by atoms with Gasteiger partial charge >= 0.3 is 5.76 Å². The van der Waals surface area contributed by atoms with Gasteiger partial charge in [0.15, 0.2) is 0 Å². The van der Waals surface area contributed by atoms with E-state index < -0.39 is 20.5 Å². The van der Waals surface area contributed by atoms with Crippen LogP contribution in [-0.2, 0) is 22.9 Å². The lowest BCUT2D eigenvalue weighted by atomic mass is 10.2. The summed E-state index contributed by atoms with van der Waals surface area (Å²) in [5.74, 6) is -3.15. The molecule has 0 aliphatic rings. The fourth-order valence-corrected chi connectivity index (χ4v) is 3.71. The molecular formula is C19H19F2N3O3S. The molecule has 0 saturated carbocycles. The minimum atomic E-state index is -4.68. The van der Waals surface area contributed by atoms with Crippen LogP contribution in [0.1, 0.15) is 23.1 Å². The molecule has 0 N–H and O–H groups in total. The largest absolute Gasteiger partial charge is 0.341 e. The number of hydrogen-bond acceptors (Lipinski definition) is 4. The second-order valence-electron chi connectivity index (χ2n) is 6.25. The number of carbonyl (C=O) groups excluding carboxylic acids is 1. The van der Waals surface area contributed by atoms with Crippen molar-refractivity contribution in [1.82, 2.24) is 14.5 Å². The van der Waals surface area contributed by atoms with Gasteiger partial charge in [-0.2, -0.15) is 8.78 Å². The molecule has 3 aromatic rings.